The van der Waals surface area contributed by atoms with Crippen molar-refractivity contribution in [2.24, 2.45) is 5.92 Å². The van der Waals surface area contributed by atoms with E-state index in [0.29, 0.717) is 17.0 Å². The van der Waals surface area contributed by atoms with Gasteiger partial charge in [-0.2, -0.15) is 5.26 Å². The largest absolute Gasteiger partial charge is 0.357 e. The molecule has 1 aliphatic rings. The molecule has 4 nitrogen and oxygen atoms in total. The van der Waals surface area contributed by atoms with E-state index in [1.807, 2.05) is 0 Å². The molecular formula is C16H19N3OS2. The number of thioether (sulfide) groups is 1. The maximum Gasteiger partial charge on any atom is 0.234 e. The van der Waals surface area contributed by atoms with E-state index in [1.165, 1.54) is 11.8 Å². The summed E-state index contributed by atoms with van der Waals surface area (Å²) >= 11 is 6.80. The summed E-state index contributed by atoms with van der Waals surface area (Å²) in [4.78, 5) is 14.1. The second kappa shape index (κ2) is 8.16. The third-order valence-electron chi connectivity index (χ3n) is 3.64. The Morgan fingerprint density at radius 1 is 1.50 bits per heavy atom. The molecule has 0 radical (unpaired) electrons. The van der Waals surface area contributed by atoms with Crippen molar-refractivity contribution in [2.75, 3.05) is 24.2 Å². The fourth-order valence-electron chi connectivity index (χ4n) is 2.27. The van der Waals surface area contributed by atoms with Crippen LogP contribution in [0.15, 0.2) is 24.3 Å². The third-order valence-corrected chi connectivity index (χ3v) is 5.17. The molecule has 1 heterocycles. The van der Waals surface area contributed by atoms with Crippen molar-refractivity contribution in [3.8, 4) is 6.07 Å². The molecule has 1 aromatic rings. The molecule has 0 saturated carbocycles. The number of nitrogens with zero attached hydrogens (tertiary/aromatic N) is 2. The number of carbonyl (C=O) groups is 1. The number of likely N-dealkylation sites (tertiary alicyclic amines) is 1. The van der Waals surface area contributed by atoms with Crippen LogP contribution in [0.4, 0.5) is 5.69 Å². The van der Waals surface area contributed by atoms with Gasteiger partial charge < -0.3 is 10.2 Å². The summed E-state index contributed by atoms with van der Waals surface area (Å²) in [6, 6.07) is 8.94. The lowest BCUT2D eigenvalue weighted by Crippen LogP contribution is -2.36. The molecule has 0 aromatic heterocycles. The van der Waals surface area contributed by atoms with Gasteiger partial charge in [0.2, 0.25) is 5.91 Å². The van der Waals surface area contributed by atoms with Crippen LogP contribution in [0.1, 0.15) is 25.3 Å². The van der Waals surface area contributed by atoms with Gasteiger partial charge in [0.05, 0.1) is 17.4 Å². The first-order valence-electron chi connectivity index (χ1n) is 7.30. The molecular weight excluding hydrogens is 314 g/mol. The zero-order valence-electron chi connectivity index (χ0n) is 12.5. The lowest BCUT2D eigenvalue weighted by atomic mass is 10.00. The first-order chi connectivity index (χ1) is 10.6. The van der Waals surface area contributed by atoms with Crippen molar-refractivity contribution in [3.63, 3.8) is 0 Å². The third kappa shape index (κ3) is 5.00. The zero-order valence-corrected chi connectivity index (χ0v) is 14.2. The van der Waals surface area contributed by atoms with E-state index in [2.05, 4.69) is 23.2 Å². The molecule has 0 aliphatic carbocycles. The maximum atomic E-state index is 12.0. The summed E-state index contributed by atoms with van der Waals surface area (Å²) in [5, 5.41) is 11.6. The molecule has 116 valence electrons. The van der Waals surface area contributed by atoms with Crippen molar-refractivity contribution in [1.82, 2.24) is 4.90 Å². The normalized spacial score (nSPS) is 15.2. The molecule has 0 spiro atoms. The average Bonchev–Trinajstić information content (AvgIpc) is 2.53. The van der Waals surface area contributed by atoms with Crippen LogP contribution >= 0.6 is 24.0 Å². The second-order valence-corrected chi connectivity index (χ2v) is 7.07. The summed E-state index contributed by atoms with van der Waals surface area (Å²) < 4.78 is 0.799. The van der Waals surface area contributed by atoms with Gasteiger partial charge in [0.25, 0.3) is 0 Å². The lowest BCUT2D eigenvalue weighted by Gasteiger charge is -2.31. The molecule has 1 fully saturated rings. The molecule has 0 bridgehead atoms. The first-order valence-corrected chi connectivity index (χ1v) is 8.69. The molecule has 1 saturated heterocycles. The highest BCUT2D eigenvalue weighted by molar-refractivity contribution is 8.23. The van der Waals surface area contributed by atoms with Crippen LogP contribution in [0.3, 0.4) is 0 Å². The Bertz CT molecular complexity index is 589. The highest BCUT2D eigenvalue weighted by Crippen LogP contribution is 2.20. The van der Waals surface area contributed by atoms with Crippen LogP contribution in [0.5, 0.6) is 0 Å². The molecule has 22 heavy (non-hydrogen) atoms. The van der Waals surface area contributed by atoms with Crippen LogP contribution in [-0.4, -0.2) is 34.0 Å². The van der Waals surface area contributed by atoms with Gasteiger partial charge in [0.15, 0.2) is 0 Å². The van der Waals surface area contributed by atoms with E-state index in [9.17, 15) is 4.79 Å². The molecule has 6 heteroatoms. The SMILES string of the molecule is CC1CCN(C(=S)SCC(=O)Nc2cccc(C#N)c2)CC1. The summed E-state index contributed by atoms with van der Waals surface area (Å²) in [5.74, 6) is 0.953. The molecule has 1 aliphatic heterocycles. The van der Waals surface area contributed by atoms with E-state index >= 15 is 0 Å². The standard InChI is InChI=1S/C16H19N3OS2/c1-12-5-7-19(8-6-12)16(21)22-11-15(20)18-14-4-2-3-13(9-14)10-17/h2-4,9,12H,5-8,11H2,1H3,(H,18,20). The van der Waals surface area contributed by atoms with Crippen LogP contribution in [0.25, 0.3) is 0 Å². The van der Waals surface area contributed by atoms with Crippen LogP contribution in [0.2, 0.25) is 0 Å². The molecule has 0 unspecified atom stereocenters. The number of anilines is 1. The Morgan fingerprint density at radius 2 is 2.23 bits per heavy atom. The molecule has 0 atom stereocenters. The summed E-state index contributed by atoms with van der Waals surface area (Å²) in [7, 11) is 0. The fraction of sp³-hybridized carbons (Fsp3) is 0.438. The number of carbonyl (C=O) groups excluding carboxylic acids is 1. The minimum atomic E-state index is -0.104. The number of hydrogen-bond donors (Lipinski definition) is 1. The zero-order chi connectivity index (χ0) is 15.9. The van der Waals surface area contributed by atoms with Crippen molar-refractivity contribution < 1.29 is 4.79 Å². The number of nitrogens with one attached hydrogen (secondary N) is 1. The highest BCUT2D eigenvalue weighted by atomic mass is 32.2. The second-order valence-electron chi connectivity index (χ2n) is 5.46. The number of amides is 1. The van der Waals surface area contributed by atoms with Crippen molar-refractivity contribution in [1.29, 1.82) is 5.26 Å². The van der Waals surface area contributed by atoms with Crippen molar-refractivity contribution in [3.05, 3.63) is 29.8 Å². The summed E-state index contributed by atoms with van der Waals surface area (Å²) in [6.45, 7) is 4.23. The predicted molar refractivity (Wildman–Crippen MR) is 94.8 cm³/mol. The summed E-state index contributed by atoms with van der Waals surface area (Å²) in [6.07, 6.45) is 2.32. The van der Waals surface area contributed by atoms with Crippen LogP contribution in [-0.2, 0) is 4.79 Å². The Kier molecular flexibility index (Phi) is 6.22. The maximum absolute atomic E-state index is 12.0. The lowest BCUT2D eigenvalue weighted by molar-refractivity contribution is -0.113. The quantitative estimate of drug-likeness (QED) is 0.861. The molecule has 1 amide bonds. The predicted octanol–water partition coefficient (Wildman–Crippen LogP) is 3.25. The topological polar surface area (TPSA) is 56.1 Å². The van der Waals surface area contributed by atoms with Gasteiger partial charge >= 0.3 is 0 Å². The fourth-order valence-corrected chi connectivity index (χ4v) is 3.32. The molecule has 2 rings (SSSR count). The molecule has 1 aromatic carbocycles. The highest BCUT2D eigenvalue weighted by Gasteiger charge is 2.18. The van der Waals surface area contributed by atoms with Crippen LogP contribution < -0.4 is 5.32 Å². The average molecular weight is 333 g/mol. The Labute approximate surface area is 140 Å². The monoisotopic (exact) mass is 333 g/mol. The van der Waals surface area contributed by atoms with Gasteiger partial charge in [-0.3, -0.25) is 4.79 Å². The number of hydrogen-bond acceptors (Lipinski definition) is 4. The Morgan fingerprint density at radius 3 is 2.91 bits per heavy atom. The number of nitriles is 1. The van der Waals surface area contributed by atoms with Gasteiger partial charge in [0.1, 0.15) is 4.32 Å². The smallest absolute Gasteiger partial charge is 0.234 e. The number of benzene rings is 1. The summed E-state index contributed by atoms with van der Waals surface area (Å²) in [5.41, 5.74) is 1.17. The van der Waals surface area contributed by atoms with Gasteiger partial charge in [0, 0.05) is 18.8 Å². The van der Waals surface area contributed by atoms with E-state index in [0.717, 1.165) is 36.2 Å². The van der Waals surface area contributed by atoms with Crippen LogP contribution in [0, 0.1) is 17.2 Å². The van der Waals surface area contributed by atoms with Gasteiger partial charge in [-0.15, -0.1) is 0 Å². The minimum absolute atomic E-state index is 0.104. The van der Waals surface area contributed by atoms with Gasteiger partial charge in [-0.1, -0.05) is 37.0 Å². The van der Waals surface area contributed by atoms with Gasteiger partial charge in [-0.05, 0) is 37.0 Å². The molecule has 1 N–H and O–H groups in total. The Hall–Kier alpha value is -1.58. The number of rotatable bonds is 3. The van der Waals surface area contributed by atoms with E-state index in [4.69, 9.17) is 17.5 Å². The Balaban J connectivity index is 1.77. The van der Waals surface area contributed by atoms with E-state index in [-0.39, 0.29) is 5.91 Å². The first kappa shape index (κ1) is 16.8. The minimum Gasteiger partial charge on any atom is -0.357 e. The van der Waals surface area contributed by atoms with Gasteiger partial charge in [-0.25, -0.2) is 0 Å². The number of thiocarbonyl (C=S) groups is 1. The van der Waals surface area contributed by atoms with E-state index in [1.54, 1.807) is 24.3 Å². The van der Waals surface area contributed by atoms with Crippen molar-refractivity contribution in [2.45, 2.75) is 19.8 Å². The number of piperidine rings is 1. The van der Waals surface area contributed by atoms with E-state index < -0.39 is 0 Å². The van der Waals surface area contributed by atoms with Crippen molar-refractivity contribution >= 4 is 39.9 Å².